The van der Waals surface area contributed by atoms with Gasteiger partial charge in [-0.25, -0.2) is 4.90 Å². The zero-order chi connectivity index (χ0) is 27.6. The molecule has 2 heteroatoms. The lowest BCUT2D eigenvalue weighted by Gasteiger charge is -2.21. The molecule has 6 aromatic carbocycles. The van der Waals surface area contributed by atoms with E-state index in [0.717, 1.165) is 5.69 Å². The van der Waals surface area contributed by atoms with Crippen molar-refractivity contribution in [2.75, 3.05) is 0 Å². The predicted molar refractivity (Wildman–Crippen MR) is 171 cm³/mol. The molecule has 1 aliphatic carbocycles. The van der Waals surface area contributed by atoms with Crippen molar-refractivity contribution in [2.45, 2.75) is 19.3 Å². The summed E-state index contributed by atoms with van der Waals surface area (Å²) in [6.45, 7) is 4.70. The molecular formula is C39H31N2+. The van der Waals surface area contributed by atoms with E-state index in [1.807, 2.05) is 0 Å². The minimum atomic E-state index is -0.00138. The van der Waals surface area contributed by atoms with Gasteiger partial charge in [-0.1, -0.05) is 98.8 Å². The van der Waals surface area contributed by atoms with Gasteiger partial charge in [-0.2, -0.15) is 0 Å². The van der Waals surface area contributed by atoms with Crippen LogP contribution in [0.2, 0.25) is 0 Å². The Morgan fingerprint density at radius 3 is 1.83 bits per heavy atom. The lowest BCUT2D eigenvalue weighted by molar-refractivity contribution is -0.681. The zero-order valence-corrected chi connectivity index (χ0v) is 23.3. The van der Waals surface area contributed by atoms with Crippen molar-refractivity contribution in [1.82, 2.24) is 4.57 Å². The van der Waals surface area contributed by atoms with Gasteiger partial charge in [-0.3, -0.25) is 0 Å². The molecular weight excluding hydrogens is 496 g/mol. The van der Waals surface area contributed by atoms with Gasteiger partial charge in [0.25, 0.3) is 0 Å². The molecule has 0 bridgehead atoms. The Morgan fingerprint density at radius 2 is 1.12 bits per heavy atom. The van der Waals surface area contributed by atoms with Gasteiger partial charge in [-0.05, 0) is 70.1 Å². The zero-order valence-electron chi connectivity index (χ0n) is 23.3. The molecule has 0 fully saturated rings. The van der Waals surface area contributed by atoms with Gasteiger partial charge in [-0.15, -0.1) is 0 Å². The molecule has 0 unspecified atom stereocenters. The van der Waals surface area contributed by atoms with Gasteiger partial charge in [0.2, 0.25) is 0 Å². The Hall–Kier alpha value is -4.92. The highest BCUT2D eigenvalue weighted by Crippen LogP contribution is 2.51. The van der Waals surface area contributed by atoms with Crippen LogP contribution in [0, 0.1) is 0 Å². The fourth-order valence-corrected chi connectivity index (χ4v) is 6.96. The highest BCUT2D eigenvalue weighted by molar-refractivity contribution is 6.13. The van der Waals surface area contributed by atoms with E-state index >= 15 is 0 Å². The quantitative estimate of drug-likeness (QED) is 0.234. The molecule has 7 aromatic rings. The lowest BCUT2D eigenvalue weighted by atomic mass is 9.82. The molecule has 0 spiro atoms. The molecule has 1 aliphatic rings. The highest BCUT2D eigenvalue weighted by Gasteiger charge is 2.36. The lowest BCUT2D eigenvalue weighted by Crippen LogP contribution is -2.96. The number of hydrogen-bond acceptors (Lipinski definition) is 0. The van der Waals surface area contributed by atoms with Gasteiger partial charge in [0.15, 0.2) is 0 Å². The fraction of sp³-hybridized carbons (Fsp3) is 0.0769. The normalized spacial score (nSPS) is 13.5. The van der Waals surface area contributed by atoms with Gasteiger partial charge < -0.3 is 4.57 Å². The van der Waals surface area contributed by atoms with Crippen LogP contribution in [-0.2, 0) is 5.41 Å². The number of hydrogen-bond donors (Lipinski definition) is 1. The molecule has 1 aromatic heterocycles. The average Bonchev–Trinajstić information content (AvgIpc) is 3.56. The Bertz CT molecular complexity index is 2010. The third-order valence-electron chi connectivity index (χ3n) is 8.95. The summed E-state index contributed by atoms with van der Waals surface area (Å²) in [5.74, 6) is 0. The first kappa shape index (κ1) is 23.9. The van der Waals surface area contributed by atoms with Crippen molar-refractivity contribution < 1.29 is 4.90 Å². The summed E-state index contributed by atoms with van der Waals surface area (Å²) in [4.78, 5) is 1.25. The second kappa shape index (κ2) is 9.05. The van der Waals surface area contributed by atoms with Crippen LogP contribution in [0.4, 0.5) is 17.1 Å². The number of rotatable bonds is 4. The summed E-state index contributed by atoms with van der Waals surface area (Å²) >= 11 is 0. The van der Waals surface area contributed by atoms with Crippen LogP contribution < -0.4 is 4.90 Å². The van der Waals surface area contributed by atoms with Crippen LogP contribution in [0.5, 0.6) is 0 Å². The van der Waals surface area contributed by atoms with E-state index < -0.39 is 0 Å². The number of nitrogens with one attached hydrogen (secondary N) is 1. The summed E-state index contributed by atoms with van der Waals surface area (Å²) in [6, 6.07) is 50.9. The summed E-state index contributed by atoms with van der Waals surface area (Å²) in [5.41, 5.74) is 11.7. The van der Waals surface area contributed by atoms with E-state index in [4.69, 9.17) is 0 Å². The van der Waals surface area contributed by atoms with Crippen molar-refractivity contribution in [3.8, 4) is 16.8 Å². The number of aromatic nitrogens is 1. The van der Waals surface area contributed by atoms with Crippen LogP contribution in [-0.4, -0.2) is 4.57 Å². The van der Waals surface area contributed by atoms with E-state index in [9.17, 15) is 0 Å². The molecule has 0 atom stereocenters. The standard InChI is InChI=1S/C39H30N2/c1-39(2)35-16-10-9-15-34(35)37-32-22-17-27-25-26-40(38(27)33(32)23-24-36(37)39)28-18-20-31(21-19-28)41(29-11-5-3-6-12-29)30-13-7-4-8-14-30/h3-26H,1-2H3/p+1. The van der Waals surface area contributed by atoms with Gasteiger partial charge in [0, 0.05) is 40.2 Å². The Morgan fingerprint density at radius 1 is 0.512 bits per heavy atom. The maximum Gasteiger partial charge on any atom is 0.141 e. The van der Waals surface area contributed by atoms with Crippen molar-refractivity contribution >= 4 is 38.7 Å². The van der Waals surface area contributed by atoms with Crippen LogP contribution in [0.3, 0.4) is 0 Å². The topological polar surface area (TPSA) is 9.37 Å². The van der Waals surface area contributed by atoms with E-state index in [1.165, 1.54) is 65.9 Å². The van der Waals surface area contributed by atoms with Crippen LogP contribution >= 0.6 is 0 Å². The summed E-state index contributed by atoms with van der Waals surface area (Å²) in [7, 11) is 0. The molecule has 0 amide bonds. The molecule has 0 saturated carbocycles. The van der Waals surface area contributed by atoms with E-state index in [-0.39, 0.29) is 5.41 Å². The van der Waals surface area contributed by atoms with Crippen LogP contribution in [0.25, 0.3) is 38.5 Å². The number of fused-ring (bicyclic) bond motifs is 7. The Balaban J connectivity index is 1.28. The SMILES string of the molecule is CC1(C)c2ccccc2-c2c1ccc1c2ccc2ccn(-c3ccc([NH+](c4ccccc4)c4ccccc4)cc3)c21. The van der Waals surface area contributed by atoms with Crippen molar-refractivity contribution in [1.29, 1.82) is 0 Å². The first-order valence-corrected chi connectivity index (χ1v) is 14.4. The number of nitrogens with zero attached hydrogens (tertiary/aromatic N) is 1. The molecule has 2 nitrogen and oxygen atoms in total. The van der Waals surface area contributed by atoms with Gasteiger partial charge >= 0.3 is 0 Å². The van der Waals surface area contributed by atoms with Crippen LogP contribution in [0.15, 0.2) is 146 Å². The summed E-state index contributed by atoms with van der Waals surface area (Å²) in [5, 5.41) is 3.88. The number of benzene rings is 6. The first-order valence-electron chi connectivity index (χ1n) is 14.4. The molecule has 1 N–H and O–H groups in total. The molecule has 41 heavy (non-hydrogen) atoms. The van der Waals surface area contributed by atoms with E-state index in [0.29, 0.717) is 0 Å². The molecule has 0 saturated heterocycles. The Labute approximate surface area is 240 Å². The largest absolute Gasteiger partial charge is 0.316 e. The van der Waals surface area contributed by atoms with Crippen molar-refractivity contribution in [3.63, 3.8) is 0 Å². The predicted octanol–water partition coefficient (Wildman–Crippen LogP) is 9.27. The highest BCUT2D eigenvalue weighted by atomic mass is 15.1. The second-order valence-corrected chi connectivity index (χ2v) is 11.6. The van der Waals surface area contributed by atoms with Gasteiger partial charge in [0.05, 0.1) is 5.52 Å². The minimum Gasteiger partial charge on any atom is -0.316 e. The monoisotopic (exact) mass is 527 g/mol. The Kier molecular flexibility index (Phi) is 5.28. The fourth-order valence-electron chi connectivity index (χ4n) is 6.96. The molecule has 196 valence electrons. The average molecular weight is 528 g/mol. The van der Waals surface area contributed by atoms with Crippen molar-refractivity contribution in [2.24, 2.45) is 0 Å². The third kappa shape index (κ3) is 3.61. The van der Waals surface area contributed by atoms with Gasteiger partial charge in [0.1, 0.15) is 17.1 Å². The van der Waals surface area contributed by atoms with Crippen molar-refractivity contribution in [3.05, 3.63) is 157 Å². The maximum absolute atomic E-state index is 2.36. The third-order valence-corrected chi connectivity index (χ3v) is 8.95. The van der Waals surface area contributed by atoms with Crippen LogP contribution in [0.1, 0.15) is 25.0 Å². The summed E-state index contributed by atoms with van der Waals surface area (Å²) in [6.07, 6.45) is 2.21. The van der Waals surface area contributed by atoms with E-state index in [2.05, 4.69) is 164 Å². The molecule has 8 rings (SSSR count). The first-order chi connectivity index (χ1) is 20.1. The smallest absolute Gasteiger partial charge is 0.141 e. The molecule has 1 heterocycles. The molecule has 0 radical (unpaired) electrons. The molecule has 0 aliphatic heterocycles. The maximum atomic E-state index is 2.36. The number of para-hydroxylation sites is 2. The second-order valence-electron chi connectivity index (χ2n) is 11.6. The van der Waals surface area contributed by atoms with E-state index in [1.54, 1.807) is 0 Å². The summed E-state index contributed by atoms with van der Waals surface area (Å²) < 4.78 is 2.35. The number of quaternary nitrogens is 1. The minimum absolute atomic E-state index is 0.00138.